The molecule has 26 heavy (non-hydrogen) atoms. The number of hydrogen-bond donors (Lipinski definition) is 0. The van der Waals surface area contributed by atoms with Gasteiger partial charge in [-0.1, -0.05) is 11.6 Å². The molecule has 8 nitrogen and oxygen atoms in total. The Kier molecular flexibility index (Phi) is 3.97. The lowest BCUT2D eigenvalue weighted by Crippen LogP contribution is -2.49. The third kappa shape index (κ3) is 2.64. The fourth-order valence-corrected chi connectivity index (χ4v) is 4.24. The van der Waals surface area contributed by atoms with Crippen molar-refractivity contribution in [2.24, 2.45) is 0 Å². The molecule has 3 fully saturated rings. The molecule has 0 radical (unpaired) electrons. The highest BCUT2D eigenvalue weighted by Crippen LogP contribution is 2.45. The van der Waals surface area contributed by atoms with Gasteiger partial charge in [0.15, 0.2) is 12.0 Å². The molecule has 0 aliphatic carbocycles. The Labute approximate surface area is 155 Å². The number of hydrogen-bond acceptors (Lipinski definition) is 7. The maximum absolute atomic E-state index is 6.43. The molecular weight excluding hydrogens is 360 g/mol. The fourth-order valence-electron chi connectivity index (χ4n) is 4.05. The highest BCUT2D eigenvalue weighted by Gasteiger charge is 2.57. The van der Waals surface area contributed by atoms with E-state index in [9.17, 15) is 0 Å². The zero-order valence-corrected chi connectivity index (χ0v) is 15.4. The Morgan fingerprint density at radius 3 is 2.62 bits per heavy atom. The monoisotopic (exact) mass is 380 g/mol. The molecule has 3 saturated heterocycles. The lowest BCUT2D eigenvalue weighted by Gasteiger charge is -2.34. The van der Waals surface area contributed by atoms with Crippen LogP contribution in [0.4, 0.5) is 0 Å². The summed E-state index contributed by atoms with van der Waals surface area (Å²) in [5.41, 5.74) is 0.727. The molecule has 0 spiro atoms. The number of morpholine rings is 1. The van der Waals surface area contributed by atoms with Crippen molar-refractivity contribution in [2.45, 2.75) is 44.3 Å². The molecule has 0 bridgehead atoms. The van der Waals surface area contributed by atoms with E-state index < -0.39 is 5.79 Å². The number of ether oxygens (including phenoxy) is 4. The van der Waals surface area contributed by atoms with Gasteiger partial charge in [-0.2, -0.15) is 0 Å². The predicted octanol–water partition coefficient (Wildman–Crippen LogP) is 1.79. The van der Waals surface area contributed by atoms with Gasteiger partial charge in [-0.05, 0) is 19.9 Å². The van der Waals surface area contributed by atoms with Gasteiger partial charge in [0.1, 0.15) is 35.6 Å². The highest BCUT2D eigenvalue weighted by atomic mass is 35.5. The van der Waals surface area contributed by atoms with Gasteiger partial charge in [0.05, 0.1) is 18.6 Å². The summed E-state index contributed by atoms with van der Waals surface area (Å²) in [5, 5.41) is 1.22. The molecule has 2 aromatic heterocycles. The third-order valence-electron chi connectivity index (χ3n) is 5.14. The van der Waals surface area contributed by atoms with Crippen molar-refractivity contribution in [3.63, 3.8) is 0 Å². The number of halogens is 1. The summed E-state index contributed by atoms with van der Waals surface area (Å²) >= 11 is 6.20. The third-order valence-corrected chi connectivity index (χ3v) is 5.45. The van der Waals surface area contributed by atoms with Crippen LogP contribution in [0.15, 0.2) is 18.6 Å². The molecule has 0 aromatic carbocycles. The number of nitrogens with zero attached hydrogens (tertiary/aromatic N) is 4. The van der Waals surface area contributed by atoms with Gasteiger partial charge in [0.25, 0.3) is 0 Å². The van der Waals surface area contributed by atoms with E-state index in [0.29, 0.717) is 18.4 Å². The second kappa shape index (κ2) is 6.12. The largest absolute Gasteiger partial charge is 0.379 e. The van der Waals surface area contributed by atoms with E-state index >= 15 is 0 Å². The number of fused-ring (bicyclic) bond motifs is 2. The van der Waals surface area contributed by atoms with Gasteiger partial charge >= 0.3 is 0 Å². The normalized spacial score (nSPS) is 34.4. The minimum Gasteiger partial charge on any atom is -0.379 e. The Balaban J connectivity index is 1.52. The zero-order valence-electron chi connectivity index (χ0n) is 14.7. The average molecular weight is 381 g/mol. The molecule has 3 aliphatic rings. The van der Waals surface area contributed by atoms with Gasteiger partial charge < -0.3 is 23.5 Å². The summed E-state index contributed by atoms with van der Waals surface area (Å²) in [6.07, 6.45) is 2.43. The van der Waals surface area contributed by atoms with Crippen molar-refractivity contribution in [3.8, 4) is 0 Å². The molecule has 0 N–H and O–H groups in total. The van der Waals surface area contributed by atoms with Gasteiger partial charge in [-0.3, -0.25) is 4.90 Å². The molecule has 0 unspecified atom stereocenters. The molecule has 5 heterocycles. The Morgan fingerprint density at radius 1 is 1.12 bits per heavy atom. The molecule has 2 aromatic rings. The van der Waals surface area contributed by atoms with Crippen LogP contribution < -0.4 is 0 Å². The molecule has 9 heteroatoms. The first kappa shape index (κ1) is 16.9. The molecule has 5 rings (SSSR count). The quantitative estimate of drug-likeness (QED) is 0.735. The van der Waals surface area contributed by atoms with E-state index in [0.717, 1.165) is 24.1 Å². The SMILES string of the molecule is CC1(C)O[C@@H]2[C@H](O1)[C@@H](N1CCOCC1)O[C@H]2n1ccc2c(Cl)ncnc21. The Morgan fingerprint density at radius 2 is 1.85 bits per heavy atom. The van der Waals surface area contributed by atoms with E-state index in [1.807, 2.05) is 30.7 Å². The van der Waals surface area contributed by atoms with E-state index in [1.165, 1.54) is 6.33 Å². The first-order valence-electron chi connectivity index (χ1n) is 8.83. The second-order valence-corrected chi connectivity index (χ2v) is 7.61. The minimum absolute atomic E-state index is 0.178. The van der Waals surface area contributed by atoms with Gasteiger partial charge in [0, 0.05) is 19.3 Å². The highest BCUT2D eigenvalue weighted by molar-refractivity contribution is 6.33. The van der Waals surface area contributed by atoms with Crippen molar-refractivity contribution in [2.75, 3.05) is 26.3 Å². The summed E-state index contributed by atoms with van der Waals surface area (Å²) in [5.74, 6) is -0.655. The standard InChI is InChI=1S/C17H21ClN4O4/c1-17(2)25-11-12(26-17)16(24-15(11)21-5-7-23-8-6-21)22-4-3-10-13(18)19-9-20-14(10)22/h3-4,9,11-12,15-16H,5-8H2,1-2H3/t11-,12+,15-,16+/m0/s1. The summed E-state index contributed by atoms with van der Waals surface area (Å²) in [6.45, 7) is 6.88. The van der Waals surface area contributed by atoms with Crippen LogP contribution in [0.25, 0.3) is 11.0 Å². The Hall–Kier alpha value is -1.29. The fraction of sp³-hybridized carbons (Fsp3) is 0.647. The summed E-state index contributed by atoms with van der Waals surface area (Å²) in [6, 6.07) is 1.90. The van der Waals surface area contributed by atoms with Crippen LogP contribution in [0.1, 0.15) is 20.1 Å². The summed E-state index contributed by atoms with van der Waals surface area (Å²) in [7, 11) is 0. The second-order valence-electron chi connectivity index (χ2n) is 7.26. The maximum atomic E-state index is 6.43. The summed E-state index contributed by atoms with van der Waals surface area (Å²) in [4.78, 5) is 10.7. The maximum Gasteiger partial charge on any atom is 0.166 e. The van der Waals surface area contributed by atoms with Gasteiger partial charge in [-0.25, -0.2) is 9.97 Å². The Bertz CT molecular complexity index is 822. The van der Waals surface area contributed by atoms with Crippen LogP contribution in [0.2, 0.25) is 5.15 Å². The smallest absolute Gasteiger partial charge is 0.166 e. The van der Waals surface area contributed by atoms with Crippen LogP contribution in [0.5, 0.6) is 0 Å². The molecule has 0 amide bonds. The molecule has 140 valence electrons. The van der Waals surface area contributed by atoms with E-state index in [1.54, 1.807) is 0 Å². The molecule has 0 saturated carbocycles. The number of aromatic nitrogens is 3. The first-order chi connectivity index (χ1) is 12.5. The van der Waals surface area contributed by atoms with Crippen molar-refractivity contribution in [3.05, 3.63) is 23.7 Å². The van der Waals surface area contributed by atoms with Crippen molar-refractivity contribution in [1.82, 2.24) is 19.4 Å². The van der Waals surface area contributed by atoms with E-state index in [4.69, 9.17) is 30.5 Å². The number of rotatable bonds is 2. The molecular formula is C17H21ClN4O4. The van der Waals surface area contributed by atoms with Gasteiger partial charge in [0.2, 0.25) is 0 Å². The summed E-state index contributed by atoms with van der Waals surface area (Å²) < 4.78 is 26.3. The minimum atomic E-state index is -0.655. The lowest BCUT2D eigenvalue weighted by molar-refractivity contribution is -0.220. The van der Waals surface area contributed by atoms with Crippen LogP contribution >= 0.6 is 11.6 Å². The first-order valence-corrected chi connectivity index (χ1v) is 9.21. The molecule has 3 aliphatic heterocycles. The topological polar surface area (TPSA) is 70.9 Å². The van der Waals surface area contributed by atoms with Crippen LogP contribution in [0, 0.1) is 0 Å². The zero-order chi connectivity index (χ0) is 17.9. The van der Waals surface area contributed by atoms with E-state index in [-0.39, 0.29) is 24.7 Å². The van der Waals surface area contributed by atoms with Gasteiger partial charge in [-0.15, -0.1) is 0 Å². The van der Waals surface area contributed by atoms with Crippen LogP contribution in [-0.2, 0) is 18.9 Å². The van der Waals surface area contributed by atoms with Crippen molar-refractivity contribution < 1.29 is 18.9 Å². The van der Waals surface area contributed by atoms with Crippen LogP contribution in [-0.4, -0.2) is 70.0 Å². The van der Waals surface area contributed by atoms with E-state index in [2.05, 4.69) is 14.9 Å². The van der Waals surface area contributed by atoms with Crippen molar-refractivity contribution >= 4 is 22.6 Å². The van der Waals surface area contributed by atoms with Crippen molar-refractivity contribution in [1.29, 1.82) is 0 Å². The molecule has 4 atom stereocenters. The lowest BCUT2D eigenvalue weighted by atomic mass is 10.2. The average Bonchev–Trinajstić information content (AvgIpc) is 3.27. The predicted molar refractivity (Wildman–Crippen MR) is 92.7 cm³/mol. The van der Waals surface area contributed by atoms with Crippen LogP contribution in [0.3, 0.4) is 0 Å².